The molecule has 2 aliphatic carbocycles. The molecular formula is C15H20O6. The normalized spacial score (nSPS) is 52.3. The van der Waals surface area contributed by atoms with Crippen LogP contribution in [0.15, 0.2) is 12.2 Å². The molecule has 3 rings (SSSR count). The van der Waals surface area contributed by atoms with Crippen LogP contribution in [0.5, 0.6) is 0 Å². The highest BCUT2D eigenvalue weighted by Gasteiger charge is 2.64. The van der Waals surface area contributed by atoms with Crippen molar-refractivity contribution in [1.29, 1.82) is 0 Å². The van der Waals surface area contributed by atoms with E-state index in [0.717, 1.165) is 0 Å². The van der Waals surface area contributed by atoms with Gasteiger partial charge in [-0.3, -0.25) is 4.79 Å². The summed E-state index contributed by atoms with van der Waals surface area (Å²) in [5, 5.41) is 30.4. The van der Waals surface area contributed by atoms with Gasteiger partial charge in [0, 0.05) is 11.3 Å². The Morgan fingerprint density at radius 1 is 1.43 bits per heavy atom. The lowest BCUT2D eigenvalue weighted by Crippen LogP contribution is -2.48. The zero-order valence-corrected chi connectivity index (χ0v) is 12.0. The van der Waals surface area contributed by atoms with Crippen molar-refractivity contribution >= 4 is 11.8 Å². The molecule has 0 aromatic heterocycles. The van der Waals surface area contributed by atoms with Crippen molar-refractivity contribution in [3.05, 3.63) is 12.2 Å². The van der Waals surface area contributed by atoms with Crippen LogP contribution < -0.4 is 0 Å². The topological polar surface area (TPSA) is 104 Å². The highest BCUT2D eigenvalue weighted by atomic mass is 16.6. The van der Waals surface area contributed by atoms with Gasteiger partial charge in [-0.25, -0.2) is 4.79 Å². The predicted molar refractivity (Wildman–Crippen MR) is 70.9 cm³/mol. The van der Waals surface area contributed by atoms with E-state index in [1.807, 2.05) is 6.92 Å². The summed E-state index contributed by atoms with van der Waals surface area (Å²) in [6.07, 6.45) is 1.61. The van der Waals surface area contributed by atoms with E-state index in [1.54, 1.807) is 13.0 Å². The fourth-order valence-electron chi connectivity index (χ4n) is 4.22. The minimum atomic E-state index is -2.05. The van der Waals surface area contributed by atoms with Gasteiger partial charge in [0.05, 0.1) is 12.7 Å². The first-order chi connectivity index (χ1) is 9.75. The quantitative estimate of drug-likeness (QED) is 0.559. The Kier molecular flexibility index (Phi) is 3.06. The van der Waals surface area contributed by atoms with Gasteiger partial charge in [0.25, 0.3) is 0 Å². The van der Waals surface area contributed by atoms with Crippen LogP contribution in [-0.4, -0.2) is 51.5 Å². The largest absolute Gasteiger partial charge is 0.457 e. The Morgan fingerprint density at radius 2 is 2.10 bits per heavy atom. The molecule has 7 unspecified atom stereocenters. The number of aliphatic hydroxyl groups excluding tert-OH is 2. The molecule has 0 bridgehead atoms. The zero-order valence-electron chi connectivity index (χ0n) is 12.0. The second-order valence-electron chi connectivity index (χ2n) is 6.78. The Morgan fingerprint density at radius 3 is 2.71 bits per heavy atom. The molecule has 7 atom stereocenters. The SMILES string of the molecule is CC1C(O)C2OC(=O)C(O)(CO)C2CC2(C)C(=O)C=CC12. The average molecular weight is 296 g/mol. The molecule has 6 nitrogen and oxygen atoms in total. The van der Waals surface area contributed by atoms with Crippen LogP contribution in [0, 0.1) is 23.2 Å². The second-order valence-corrected chi connectivity index (χ2v) is 6.78. The molecule has 0 aromatic carbocycles. The molecule has 116 valence electrons. The van der Waals surface area contributed by atoms with E-state index in [2.05, 4.69) is 0 Å². The maximum absolute atomic E-state index is 12.3. The number of carbonyl (C=O) groups is 2. The molecule has 3 N–H and O–H groups in total. The number of allylic oxidation sites excluding steroid dienone is 2. The molecule has 0 amide bonds. The van der Waals surface area contributed by atoms with Crippen LogP contribution in [0.4, 0.5) is 0 Å². The molecule has 3 aliphatic rings. The highest BCUT2D eigenvalue weighted by Crippen LogP contribution is 2.54. The van der Waals surface area contributed by atoms with Gasteiger partial charge in [-0.1, -0.05) is 19.9 Å². The standard InChI is InChI=1S/C15H20O6/c1-7-8-3-4-10(17)14(8,2)5-9-12(11(7)18)21-13(19)15(9,20)6-16/h3-4,7-9,11-12,16,18,20H,5-6H2,1-2H3. The summed E-state index contributed by atoms with van der Waals surface area (Å²) in [6, 6.07) is 0. The van der Waals surface area contributed by atoms with Crippen molar-refractivity contribution < 1.29 is 29.6 Å². The van der Waals surface area contributed by atoms with Gasteiger partial charge in [0.2, 0.25) is 0 Å². The third kappa shape index (κ3) is 1.69. The van der Waals surface area contributed by atoms with Gasteiger partial charge >= 0.3 is 5.97 Å². The minimum absolute atomic E-state index is 0.0770. The Labute approximate surface area is 122 Å². The number of hydrogen-bond donors (Lipinski definition) is 3. The van der Waals surface area contributed by atoms with Crippen molar-refractivity contribution in [3.63, 3.8) is 0 Å². The smallest absolute Gasteiger partial charge is 0.341 e. The molecule has 1 saturated heterocycles. The first-order valence-corrected chi connectivity index (χ1v) is 7.20. The monoisotopic (exact) mass is 296 g/mol. The van der Waals surface area contributed by atoms with Gasteiger partial charge in [0.1, 0.15) is 6.10 Å². The Hall–Kier alpha value is -1.24. The third-order valence-electron chi connectivity index (χ3n) is 5.69. The number of rotatable bonds is 1. The summed E-state index contributed by atoms with van der Waals surface area (Å²) in [4.78, 5) is 24.2. The fraction of sp³-hybridized carbons (Fsp3) is 0.733. The molecule has 2 fully saturated rings. The number of ether oxygens (including phenoxy) is 1. The lowest BCUT2D eigenvalue weighted by Gasteiger charge is -2.34. The summed E-state index contributed by atoms with van der Waals surface area (Å²) >= 11 is 0. The third-order valence-corrected chi connectivity index (χ3v) is 5.69. The molecule has 0 spiro atoms. The van der Waals surface area contributed by atoms with E-state index < -0.39 is 41.7 Å². The van der Waals surface area contributed by atoms with Crippen LogP contribution in [0.2, 0.25) is 0 Å². The van der Waals surface area contributed by atoms with Crippen molar-refractivity contribution in [3.8, 4) is 0 Å². The van der Waals surface area contributed by atoms with Crippen LogP contribution in [0.1, 0.15) is 20.3 Å². The zero-order chi connectivity index (χ0) is 15.6. The lowest BCUT2D eigenvalue weighted by atomic mass is 9.68. The van der Waals surface area contributed by atoms with Gasteiger partial charge < -0.3 is 20.1 Å². The molecule has 1 aliphatic heterocycles. The van der Waals surface area contributed by atoms with E-state index in [9.17, 15) is 24.9 Å². The van der Waals surface area contributed by atoms with Crippen molar-refractivity contribution in [2.75, 3.05) is 6.61 Å². The highest BCUT2D eigenvalue weighted by molar-refractivity contribution is 5.97. The Bertz CT molecular complexity index is 528. The Balaban J connectivity index is 2.08. The number of hydrogen-bond acceptors (Lipinski definition) is 6. The van der Waals surface area contributed by atoms with Crippen LogP contribution in [0.3, 0.4) is 0 Å². The number of carbonyl (C=O) groups excluding carboxylic acids is 2. The average Bonchev–Trinajstić information content (AvgIpc) is 2.85. The molecule has 6 heteroatoms. The van der Waals surface area contributed by atoms with Crippen molar-refractivity contribution in [2.24, 2.45) is 23.2 Å². The van der Waals surface area contributed by atoms with Gasteiger partial charge in [-0.05, 0) is 24.3 Å². The first-order valence-electron chi connectivity index (χ1n) is 7.20. The first kappa shape index (κ1) is 14.7. The second kappa shape index (κ2) is 4.38. The van der Waals surface area contributed by atoms with Crippen LogP contribution in [0.25, 0.3) is 0 Å². The number of ketones is 1. The van der Waals surface area contributed by atoms with Gasteiger partial charge in [0.15, 0.2) is 11.4 Å². The van der Waals surface area contributed by atoms with Gasteiger partial charge in [-0.15, -0.1) is 0 Å². The molecule has 21 heavy (non-hydrogen) atoms. The lowest BCUT2D eigenvalue weighted by molar-refractivity contribution is -0.162. The van der Waals surface area contributed by atoms with Crippen molar-refractivity contribution in [1.82, 2.24) is 0 Å². The summed E-state index contributed by atoms with van der Waals surface area (Å²) in [7, 11) is 0. The molecular weight excluding hydrogens is 276 g/mol. The van der Waals surface area contributed by atoms with E-state index in [4.69, 9.17) is 4.74 Å². The molecule has 0 radical (unpaired) electrons. The predicted octanol–water partition coefficient (Wildman–Crippen LogP) is -0.587. The van der Waals surface area contributed by atoms with Gasteiger partial charge in [-0.2, -0.15) is 0 Å². The maximum Gasteiger partial charge on any atom is 0.341 e. The summed E-state index contributed by atoms with van der Waals surface area (Å²) in [6.45, 7) is 2.81. The summed E-state index contributed by atoms with van der Waals surface area (Å²) in [5.74, 6) is -2.27. The maximum atomic E-state index is 12.3. The number of fused-ring (bicyclic) bond motifs is 2. The van der Waals surface area contributed by atoms with E-state index >= 15 is 0 Å². The fourth-order valence-corrected chi connectivity index (χ4v) is 4.22. The molecule has 1 heterocycles. The van der Waals surface area contributed by atoms with Crippen LogP contribution >= 0.6 is 0 Å². The van der Waals surface area contributed by atoms with E-state index in [1.165, 1.54) is 6.08 Å². The number of esters is 1. The molecule has 0 aromatic rings. The number of aliphatic hydroxyl groups is 3. The summed E-state index contributed by atoms with van der Waals surface area (Å²) in [5.41, 5.74) is -2.84. The minimum Gasteiger partial charge on any atom is -0.457 e. The van der Waals surface area contributed by atoms with E-state index in [0.29, 0.717) is 0 Å². The summed E-state index contributed by atoms with van der Waals surface area (Å²) < 4.78 is 5.15. The van der Waals surface area contributed by atoms with Crippen LogP contribution in [-0.2, 0) is 14.3 Å². The van der Waals surface area contributed by atoms with E-state index in [-0.39, 0.29) is 24.0 Å². The van der Waals surface area contributed by atoms with Crippen molar-refractivity contribution in [2.45, 2.75) is 38.1 Å². The molecule has 1 saturated carbocycles.